The molecular formula is C19H17ClN4O2. The molecule has 0 saturated carbocycles. The zero-order valence-electron chi connectivity index (χ0n) is 14.3. The van der Waals surface area contributed by atoms with E-state index in [1.54, 1.807) is 42.3 Å². The van der Waals surface area contributed by atoms with Crippen molar-refractivity contribution in [3.8, 4) is 0 Å². The monoisotopic (exact) mass is 368 g/mol. The van der Waals surface area contributed by atoms with E-state index >= 15 is 0 Å². The number of hydrogen-bond acceptors (Lipinski definition) is 2. The maximum Gasteiger partial charge on any atom is 0.348 e. The minimum atomic E-state index is -0.605. The highest BCUT2D eigenvalue weighted by molar-refractivity contribution is 6.30. The Morgan fingerprint density at radius 2 is 2.00 bits per heavy atom. The third-order valence-electron chi connectivity index (χ3n) is 3.90. The Morgan fingerprint density at radius 1 is 1.23 bits per heavy atom. The first-order valence-corrected chi connectivity index (χ1v) is 8.29. The zero-order valence-corrected chi connectivity index (χ0v) is 15.0. The number of benzene rings is 2. The molecule has 1 aliphatic rings. The molecule has 2 N–H and O–H groups in total. The molecule has 7 heteroatoms. The lowest BCUT2D eigenvalue weighted by atomic mass is 10.1. The van der Waals surface area contributed by atoms with Crippen molar-refractivity contribution < 1.29 is 9.59 Å². The summed E-state index contributed by atoms with van der Waals surface area (Å²) in [5, 5.41) is 5.72. The molecule has 0 aliphatic carbocycles. The molecule has 132 valence electrons. The number of aryl methyl sites for hydroxylation is 1. The van der Waals surface area contributed by atoms with E-state index in [1.165, 1.54) is 0 Å². The summed E-state index contributed by atoms with van der Waals surface area (Å²) >= 11 is 5.89. The fraction of sp³-hybridized carbons (Fsp3) is 0.105. The predicted octanol–water partition coefficient (Wildman–Crippen LogP) is 3.64. The van der Waals surface area contributed by atoms with E-state index in [1.807, 2.05) is 31.2 Å². The molecule has 0 radical (unpaired) electrons. The van der Waals surface area contributed by atoms with E-state index in [9.17, 15) is 9.59 Å². The average molecular weight is 369 g/mol. The largest absolute Gasteiger partial charge is 0.348 e. The maximum atomic E-state index is 12.2. The van der Waals surface area contributed by atoms with Crippen molar-refractivity contribution in [2.75, 3.05) is 12.4 Å². The number of hydrogen-bond donors (Lipinski definition) is 2. The van der Waals surface area contributed by atoms with E-state index in [0.29, 0.717) is 16.4 Å². The molecule has 0 spiro atoms. The number of nitrogens with zero attached hydrogens (tertiary/aromatic N) is 2. The molecule has 1 aliphatic heterocycles. The Hall–Kier alpha value is -3.12. The number of rotatable bonds is 2. The maximum absolute atomic E-state index is 12.2. The lowest BCUT2D eigenvalue weighted by molar-refractivity contribution is -0.115. The minimum absolute atomic E-state index is 0.161. The molecule has 0 unspecified atom stereocenters. The molecule has 2 aromatic rings. The normalized spacial score (nSPS) is 16.9. The van der Waals surface area contributed by atoms with E-state index in [4.69, 9.17) is 11.6 Å². The van der Waals surface area contributed by atoms with Gasteiger partial charge in [-0.15, -0.1) is 0 Å². The van der Waals surface area contributed by atoms with Gasteiger partial charge in [-0.05, 0) is 42.3 Å². The lowest BCUT2D eigenvalue weighted by Gasteiger charge is -2.11. The summed E-state index contributed by atoms with van der Waals surface area (Å²) in [7, 11) is 1.67. The van der Waals surface area contributed by atoms with Crippen LogP contribution in [0.25, 0.3) is 6.08 Å². The first-order valence-electron chi connectivity index (χ1n) is 7.91. The number of carbonyl (C=O) groups is 2. The fourth-order valence-electron chi connectivity index (χ4n) is 2.49. The van der Waals surface area contributed by atoms with Gasteiger partial charge in [0.15, 0.2) is 0 Å². The van der Waals surface area contributed by atoms with Crippen LogP contribution in [0, 0.1) is 6.92 Å². The molecule has 0 bridgehead atoms. The number of guanidine groups is 1. The molecule has 0 aromatic heterocycles. The molecule has 2 aromatic carbocycles. The van der Waals surface area contributed by atoms with E-state index < -0.39 is 6.03 Å². The van der Waals surface area contributed by atoms with E-state index in [0.717, 1.165) is 11.1 Å². The molecule has 1 heterocycles. The molecule has 3 amide bonds. The van der Waals surface area contributed by atoms with E-state index in [-0.39, 0.29) is 11.9 Å². The Morgan fingerprint density at radius 3 is 2.73 bits per heavy atom. The Balaban J connectivity index is 1.79. The number of halogens is 1. The van der Waals surface area contributed by atoms with Gasteiger partial charge in [0.25, 0.3) is 5.91 Å². The lowest BCUT2D eigenvalue weighted by Crippen LogP contribution is -2.29. The van der Waals surface area contributed by atoms with Crippen molar-refractivity contribution in [3.63, 3.8) is 0 Å². The highest BCUT2D eigenvalue weighted by atomic mass is 35.5. The van der Waals surface area contributed by atoms with Crippen LogP contribution >= 0.6 is 11.6 Å². The molecule has 6 nitrogen and oxygen atoms in total. The highest BCUT2D eigenvalue weighted by Crippen LogP contribution is 2.18. The van der Waals surface area contributed by atoms with Crippen LogP contribution in [0.4, 0.5) is 10.5 Å². The summed E-state index contributed by atoms with van der Waals surface area (Å²) in [4.78, 5) is 29.8. The van der Waals surface area contributed by atoms with Gasteiger partial charge in [0, 0.05) is 17.8 Å². The Kier molecular flexibility index (Phi) is 5.04. The van der Waals surface area contributed by atoms with Gasteiger partial charge in [-0.1, -0.05) is 41.9 Å². The van der Waals surface area contributed by atoms with Crippen LogP contribution in [0.15, 0.2) is 59.2 Å². The highest BCUT2D eigenvalue weighted by Gasteiger charge is 2.29. The van der Waals surface area contributed by atoms with Crippen LogP contribution in [0.2, 0.25) is 5.02 Å². The molecule has 26 heavy (non-hydrogen) atoms. The second kappa shape index (κ2) is 7.41. The number of urea groups is 1. The number of nitrogens with one attached hydrogen (secondary N) is 2. The number of anilines is 1. The number of aliphatic imine (C=N–C) groups is 1. The molecule has 1 fully saturated rings. The van der Waals surface area contributed by atoms with Gasteiger partial charge in [-0.25, -0.2) is 4.79 Å². The summed E-state index contributed by atoms with van der Waals surface area (Å²) < 4.78 is 0. The summed E-state index contributed by atoms with van der Waals surface area (Å²) in [6, 6.07) is 13.9. The molecule has 3 rings (SSSR count). The second-order valence-corrected chi connectivity index (χ2v) is 6.21. The van der Waals surface area contributed by atoms with Crippen LogP contribution in [-0.4, -0.2) is 29.8 Å². The van der Waals surface area contributed by atoms with Crippen LogP contribution in [0.1, 0.15) is 11.1 Å². The third kappa shape index (κ3) is 3.92. The van der Waals surface area contributed by atoms with Gasteiger partial charge in [0.2, 0.25) is 5.96 Å². The smallest absolute Gasteiger partial charge is 0.310 e. The van der Waals surface area contributed by atoms with Crippen LogP contribution in [0.5, 0.6) is 0 Å². The van der Waals surface area contributed by atoms with E-state index in [2.05, 4.69) is 15.6 Å². The Labute approximate surface area is 156 Å². The molecule has 1 saturated heterocycles. The van der Waals surface area contributed by atoms with Crippen LogP contribution < -0.4 is 10.6 Å². The van der Waals surface area contributed by atoms with Crippen molar-refractivity contribution in [3.05, 3.63) is 70.4 Å². The van der Waals surface area contributed by atoms with Gasteiger partial charge in [-0.2, -0.15) is 4.99 Å². The number of amides is 3. The van der Waals surface area contributed by atoms with Crippen molar-refractivity contribution in [2.24, 2.45) is 4.99 Å². The van der Waals surface area contributed by atoms with Gasteiger partial charge < -0.3 is 10.2 Å². The van der Waals surface area contributed by atoms with Crippen molar-refractivity contribution in [1.82, 2.24) is 10.2 Å². The topological polar surface area (TPSA) is 73.8 Å². The first kappa shape index (κ1) is 17.7. The molecular weight excluding hydrogens is 352 g/mol. The summed E-state index contributed by atoms with van der Waals surface area (Å²) in [6.07, 6.45) is 1.77. The SMILES string of the molecule is Cc1ccccc1/C=C1/C(=O)N/C(=N/C(=O)Nc2cccc(Cl)c2)N1C. The summed E-state index contributed by atoms with van der Waals surface area (Å²) in [5.41, 5.74) is 2.91. The fourth-order valence-corrected chi connectivity index (χ4v) is 2.68. The summed E-state index contributed by atoms with van der Waals surface area (Å²) in [5.74, 6) is -0.153. The van der Waals surface area contributed by atoms with Gasteiger partial charge in [-0.3, -0.25) is 10.1 Å². The number of likely N-dealkylation sites (N-methyl/N-ethyl adjacent to an activating group) is 1. The van der Waals surface area contributed by atoms with Gasteiger partial charge in [0.1, 0.15) is 5.70 Å². The third-order valence-corrected chi connectivity index (χ3v) is 4.14. The van der Waals surface area contributed by atoms with Crippen molar-refractivity contribution in [1.29, 1.82) is 0 Å². The summed E-state index contributed by atoms with van der Waals surface area (Å²) in [6.45, 7) is 1.96. The minimum Gasteiger partial charge on any atom is -0.310 e. The van der Waals surface area contributed by atoms with Gasteiger partial charge in [0.05, 0.1) is 0 Å². The van der Waals surface area contributed by atoms with Crippen molar-refractivity contribution in [2.45, 2.75) is 6.92 Å². The van der Waals surface area contributed by atoms with Crippen LogP contribution in [0.3, 0.4) is 0 Å². The van der Waals surface area contributed by atoms with Crippen LogP contribution in [-0.2, 0) is 4.79 Å². The second-order valence-electron chi connectivity index (χ2n) is 5.78. The average Bonchev–Trinajstić information content (AvgIpc) is 2.84. The zero-order chi connectivity index (χ0) is 18.7. The van der Waals surface area contributed by atoms with Crippen molar-refractivity contribution >= 4 is 41.3 Å². The first-order chi connectivity index (χ1) is 12.4. The van der Waals surface area contributed by atoms with Gasteiger partial charge >= 0.3 is 6.03 Å². The number of carbonyl (C=O) groups excluding carboxylic acids is 2. The molecule has 0 atom stereocenters. The quantitative estimate of drug-likeness (QED) is 0.795. The predicted molar refractivity (Wildman–Crippen MR) is 103 cm³/mol. The standard InChI is InChI=1S/C19H17ClN4O2/c1-12-6-3-4-7-13(12)10-16-17(25)22-18(24(16)2)23-19(26)21-15-9-5-8-14(20)11-15/h3-11H,1-2H3,(H2,21,22,23,25,26)/b16-10-. The Bertz CT molecular complexity index is 937.